The largest absolute Gasteiger partial charge is 0.397 e. The number of benzene rings is 1. The van der Waals surface area contributed by atoms with E-state index in [0.717, 1.165) is 17.0 Å². The van der Waals surface area contributed by atoms with Crippen molar-refractivity contribution in [2.24, 2.45) is 0 Å². The number of nitrogens with zero attached hydrogens (tertiary/aromatic N) is 1. The van der Waals surface area contributed by atoms with Crippen LogP contribution in [0.3, 0.4) is 0 Å². The Labute approximate surface area is 114 Å². The lowest BCUT2D eigenvalue weighted by Crippen LogP contribution is -2.38. The minimum atomic E-state index is -2.61. The van der Waals surface area contributed by atoms with Crippen LogP contribution in [0.25, 0.3) is 0 Å². The van der Waals surface area contributed by atoms with E-state index in [4.69, 9.17) is 10.8 Å². The first-order valence-electron chi connectivity index (χ1n) is 5.88. The lowest BCUT2D eigenvalue weighted by Gasteiger charge is -2.20. The molecule has 0 aliphatic carbocycles. The van der Waals surface area contributed by atoms with E-state index in [-0.39, 0.29) is 31.1 Å². The number of carbonyl (C=O) groups excluding carboxylic acids is 1. The molecule has 0 saturated heterocycles. The lowest BCUT2D eigenvalue weighted by atomic mass is 10.2. The zero-order chi connectivity index (χ0) is 15.1. The molecule has 0 aliphatic heterocycles. The monoisotopic (exact) mass is 291 g/mol. The number of hydrogen-bond acceptors (Lipinski definition) is 4. The summed E-state index contributed by atoms with van der Waals surface area (Å²) in [6.07, 6.45) is -2.61. The fourth-order valence-corrected chi connectivity index (χ4v) is 1.61. The summed E-state index contributed by atoms with van der Waals surface area (Å²) in [5.74, 6) is -1.11. The molecule has 0 spiro atoms. The number of nitrogens with one attached hydrogen (secondary N) is 1. The first-order valence-corrected chi connectivity index (χ1v) is 5.88. The molecule has 1 amide bonds. The first kappa shape index (κ1) is 16.3. The summed E-state index contributed by atoms with van der Waals surface area (Å²) in [5.41, 5.74) is 5.76. The van der Waals surface area contributed by atoms with Gasteiger partial charge >= 0.3 is 0 Å². The summed E-state index contributed by atoms with van der Waals surface area (Å²) >= 11 is 0. The Balaban J connectivity index is 2.60. The second-order valence-corrected chi connectivity index (χ2v) is 4.13. The number of amides is 1. The smallest absolute Gasteiger partial charge is 0.251 e. The molecule has 0 radical (unpaired) electrons. The zero-order valence-corrected chi connectivity index (χ0v) is 10.7. The minimum Gasteiger partial charge on any atom is -0.397 e. The second kappa shape index (κ2) is 7.71. The highest BCUT2D eigenvalue weighted by atomic mass is 19.3. The number of hydrogen-bond donors (Lipinski definition) is 3. The summed E-state index contributed by atoms with van der Waals surface area (Å²) in [6, 6.07) is 3.45. The number of aliphatic hydroxyl groups is 1. The third-order valence-corrected chi connectivity index (χ3v) is 2.47. The van der Waals surface area contributed by atoms with Crippen LogP contribution in [0, 0.1) is 5.82 Å². The van der Waals surface area contributed by atoms with E-state index in [1.165, 1.54) is 6.07 Å². The molecule has 20 heavy (non-hydrogen) atoms. The molecular formula is C12H16F3N3O2. The summed E-state index contributed by atoms with van der Waals surface area (Å²) < 4.78 is 37.4. The molecule has 1 aromatic carbocycles. The van der Waals surface area contributed by atoms with Gasteiger partial charge in [0.05, 0.1) is 31.1 Å². The van der Waals surface area contributed by atoms with Crippen molar-refractivity contribution < 1.29 is 23.1 Å². The standard InChI is InChI=1S/C12H16F3N3O2/c13-8-1-2-10(9(16)5-8)17-12(20)7-18(3-4-19)6-11(14)15/h1-2,5,11,19H,3-4,6-7,16H2,(H,17,20). The van der Waals surface area contributed by atoms with Gasteiger partial charge in [-0.3, -0.25) is 9.69 Å². The Kier molecular flexibility index (Phi) is 6.26. The molecule has 112 valence electrons. The van der Waals surface area contributed by atoms with Crippen molar-refractivity contribution in [3.05, 3.63) is 24.0 Å². The maximum atomic E-state index is 12.8. The number of alkyl halides is 2. The molecule has 0 bridgehead atoms. The van der Waals surface area contributed by atoms with Gasteiger partial charge in [-0.05, 0) is 18.2 Å². The van der Waals surface area contributed by atoms with Crippen LogP contribution >= 0.6 is 0 Å². The van der Waals surface area contributed by atoms with Gasteiger partial charge in [0.2, 0.25) is 5.91 Å². The van der Waals surface area contributed by atoms with Crippen LogP contribution in [0.15, 0.2) is 18.2 Å². The van der Waals surface area contributed by atoms with Gasteiger partial charge < -0.3 is 16.2 Å². The van der Waals surface area contributed by atoms with Gasteiger partial charge in [-0.25, -0.2) is 13.2 Å². The van der Waals surface area contributed by atoms with Gasteiger partial charge in [0.25, 0.3) is 6.43 Å². The third-order valence-electron chi connectivity index (χ3n) is 2.47. The zero-order valence-electron chi connectivity index (χ0n) is 10.7. The summed E-state index contributed by atoms with van der Waals surface area (Å²) in [4.78, 5) is 12.8. The van der Waals surface area contributed by atoms with Crippen molar-refractivity contribution in [1.29, 1.82) is 0 Å². The Morgan fingerprint density at radius 1 is 1.45 bits per heavy atom. The Bertz CT molecular complexity index is 458. The Morgan fingerprint density at radius 3 is 2.70 bits per heavy atom. The highest BCUT2D eigenvalue weighted by Gasteiger charge is 2.15. The van der Waals surface area contributed by atoms with Crippen LogP contribution in [0.5, 0.6) is 0 Å². The number of aliphatic hydroxyl groups excluding tert-OH is 1. The molecule has 4 N–H and O–H groups in total. The molecule has 0 heterocycles. The fraction of sp³-hybridized carbons (Fsp3) is 0.417. The molecular weight excluding hydrogens is 275 g/mol. The van der Waals surface area contributed by atoms with E-state index in [0.29, 0.717) is 0 Å². The number of anilines is 2. The van der Waals surface area contributed by atoms with E-state index in [1.807, 2.05) is 0 Å². The molecule has 5 nitrogen and oxygen atoms in total. The van der Waals surface area contributed by atoms with E-state index < -0.39 is 24.7 Å². The number of rotatable bonds is 7. The van der Waals surface area contributed by atoms with Crippen LogP contribution in [0.4, 0.5) is 24.5 Å². The molecule has 8 heteroatoms. The van der Waals surface area contributed by atoms with Crippen LogP contribution in [0.1, 0.15) is 0 Å². The lowest BCUT2D eigenvalue weighted by molar-refractivity contribution is -0.117. The number of halogens is 3. The summed E-state index contributed by atoms with van der Waals surface area (Å²) in [6.45, 7) is -1.32. The summed E-state index contributed by atoms with van der Waals surface area (Å²) in [5, 5.41) is 11.1. The number of nitrogen functional groups attached to an aromatic ring is 1. The van der Waals surface area contributed by atoms with E-state index in [2.05, 4.69) is 5.32 Å². The molecule has 0 fully saturated rings. The van der Waals surface area contributed by atoms with E-state index in [9.17, 15) is 18.0 Å². The van der Waals surface area contributed by atoms with Crippen molar-refractivity contribution in [3.8, 4) is 0 Å². The SMILES string of the molecule is Nc1cc(F)ccc1NC(=O)CN(CCO)CC(F)F. The van der Waals surface area contributed by atoms with E-state index in [1.54, 1.807) is 0 Å². The minimum absolute atomic E-state index is 0.0425. The fourth-order valence-electron chi connectivity index (χ4n) is 1.61. The highest BCUT2D eigenvalue weighted by Crippen LogP contribution is 2.18. The van der Waals surface area contributed by atoms with Crippen LogP contribution in [-0.2, 0) is 4.79 Å². The highest BCUT2D eigenvalue weighted by molar-refractivity contribution is 5.95. The molecule has 0 saturated carbocycles. The average molecular weight is 291 g/mol. The van der Waals surface area contributed by atoms with Gasteiger partial charge in [0.1, 0.15) is 5.82 Å². The van der Waals surface area contributed by atoms with Crippen molar-refractivity contribution in [2.45, 2.75) is 6.43 Å². The third kappa shape index (κ3) is 5.45. The maximum Gasteiger partial charge on any atom is 0.251 e. The van der Waals surface area contributed by atoms with Gasteiger partial charge in [0.15, 0.2) is 0 Å². The molecule has 0 unspecified atom stereocenters. The Morgan fingerprint density at radius 2 is 2.15 bits per heavy atom. The Hall–Kier alpha value is -1.80. The number of carbonyl (C=O) groups is 1. The quantitative estimate of drug-likeness (QED) is 0.652. The predicted octanol–water partition coefficient (Wildman–Crippen LogP) is 0.906. The van der Waals surface area contributed by atoms with Gasteiger partial charge in [-0.1, -0.05) is 0 Å². The average Bonchev–Trinajstić information content (AvgIpc) is 2.32. The molecule has 0 aliphatic rings. The first-order chi connectivity index (χ1) is 9.42. The molecule has 0 aromatic heterocycles. The normalized spacial score (nSPS) is 11.1. The maximum absolute atomic E-state index is 12.8. The number of nitrogens with two attached hydrogens (primary N) is 1. The van der Waals surface area contributed by atoms with Crippen LogP contribution in [0.2, 0.25) is 0 Å². The topological polar surface area (TPSA) is 78.6 Å². The molecule has 1 aromatic rings. The molecule has 1 rings (SSSR count). The summed E-state index contributed by atoms with van der Waals surface area (Å²) in [7, 11) is 0. The van der Waals surface area contributed by atoms with E-state index >= 15 is 0 Å². The van der Waals surface area contributed by atoms with Crippen LogP contribution in [-0.4, -0.2) is 48.6 Å². The van der Waals surface area contributed by atoms with Gasteiger partial charge in [-0.2, -0.15) is 0 Å². The van der Waals surface area contributed by atoms with Crippen molar-refractivity contribution >= 4 is 17.3 Å². The molecule has 0 atom stereocenters. The van der Waals surface area contributed by atoms with Crippen LogP contribution < -0.4 is 11.1 Å². The van der Waals surface area contributed by atoms with Crippen molar-refractivity contribution in [2.75, 3.05) is 37.3 Å². The van der Waals surface area contributed by atoms with Gasteiger partial charge in [0, 0.05) is 6.54 Å². The van der Waals surface area contributed by atoms with Gasteiger partial charge in [-0.15, -0.1) is 0 Å². The van der Waals surface area contributed by atoms with Crippen molar-refractivity contribution in [3.63, 3.8) is 0 Å². The van der Waals surface area contributed by atoms with Crippen molar-refractivity contribution in [1.82, 2.24) is 4.90 Å². The second-order valence-electron chi connectivity index (χ2n) is 4.13. The predicted molar refractivity (Wildman–Crippen MR) is 69.0 cm³/mol.